The van der Waals surface area contributed by atoms with Crippen LogP contribution in [0.25, 0.3) is 0 Å². The lowest BCUT2D eigenvalue weighted by Crippen LogP contribution is -2.47. The van der Waals surface area contributed by atoms with Crippen molar-refractivity contribution >= 4 is 29.3 Å². The molecule has 1 heterocycles. The van der Waals surface area contributed by atoms with Gasteiger partial charge in [-0.25, -0.2) is 0 Å². The molecule has 3 rings (SSSR count). The summed E-state index contributed by atoms with van der Waals surface area (Å²) >= 11 is 1.34. The molecule has 0 aromatic heterocycles. The number of anilines is 1. The Morgan fingerprint density at radius 1 is 1.17 bits per heavy atom. The summed E-state index contributed by atoms with van der Waals surface area (Å²) in [5.41, 5.74) is 1.07. The van der Waals surface area contributed by atoms with Crippen LogP contribution in [-0.2, 0) is 16.1 Å². The summed E-state index contributed by atoms with van der Waals surface area (Å²) in [4.78, 5) is 27.9. The number of thioether (sulfide) groups is 1. The molecule has 0 N–H and O–H groups in total. The number of hydrogen-bond donors (Lipinski definition) is 0. The number of carbonyl (C=O) groups is 2. The van der Waals surface area contributed by atoms with Gasteiger partial charge in [0.05, 0.1) is 18.6 Å². The van der Waals surface area contributed by atoms with E-state index in [0.29, 0.717) is 17.0 Å². The molecule has 0 atom stereocenters. The van der Waals surface area contributed by atoms with E-state index in [1.165, 1.54) is 23.8 Å². The zero-order valence-corrected chi connectivity index (χ0v) is 16.4. The summed E-state index contributed by atoms with van der Waals surface area (Å²) in [5.74, 6) is -0.371. The first-order valence-electron chi connectivity index (χ1n) is 8.76. The van der Waals surface area contributed by atoms with Crippen molar-refractivity contribution in [3.63, 3.8) is 0 Å². The van der Waals surface area contributed by atoms with Gasteiger partial charge in [0.25, 0.3) is 0 Å². The Bertz CT molecular complexity index is 887. The Kier molecular flexibility index (Phi) is 6.36. The van der Waals surface area contributed by atoms with Crippen molar-refractivity contribution in [2.75, 3.05) is 30.9 Å². The topological polar surface area (TPSA) is 49.9 Å². The number of amides is 2. The van der Waals surface area contributed by atoms with Crippen molar-refractivity contribution in [3.05, 3.63) is 54.1 Å². The van der Waals surface area contributed by atoms with Crippen LogP contribution in [0, 0.1) is 0 Å². The minimum absolute atomic E-state index is 0.141. The van der Waals surface area contributed by atoms with E-state index in [2.05, 4.69) is 0 Å². The molecule has 5 nitrogen and oxygen atoms in total. The Labute approximate surface area is 170 Å². The monoisotopic (exact) mass is 424 g/mol. The highest BCUT2D eigenvalue weighted by molar-refractivity contribution is 8.00. The van der Waals surface area contributed by atoms with E-state index in [1.54, 1.807) is 42.5 Å². The van der Waals surface area contributed by atoms with E-state index in [4.69, 9.17) is 4.74 Å². The van der Waals surface area contributed by atoms with Gasteiger partial charge in [-0.15, -0.1) is 11.8 Å². The highest BCUT2D eigenvalue weighted by Gasteiger charge is 2.35. The van der Waals surface area contributed by atoms with Crippen LogP contribution in [0.1, 0.15) is 5.56 Å². The molecule has 2 aromatic carbocycles. The molecule has 9 heteroatoms. The molecule has 29 heavy (non-hydrogen) atoms. The van der Waals surface area contributed by atoms with Gasteiger partial charge in [0, 0.05) is 11.4 Å². The Morgan fingerprint density at radius 2 is 1.86 bits per heavy atom. The van der Waals surface area contributed by atoms with E-state index in [0.717, 1.165) is 9.80 Å². The number of rotatable bonds is 6. The minimum Gasteiger partial charge on any atom is -0.497 e. The number of nitrogens with zero attached hydrogens (tertiary/aromatic N) is 2. The Balaban J connectivity index is 1.80. The number of hydrogen-bond acceptors (Lipinski definition) is 4. The summed E-state index contributed by atoms with van der Waals surface area (Å²) in [6.45, 7) is -2.06. The smallest absolute Gasteiger partial charge is 0.406 e. The van der Waals surface area contributed by atoms with Gasteiger partial charge in [-0.3, -0.25) is 9.59 Å². The number of halogens is 3. The van der Waals surface area contributed by atoms with Gasteiger partial charge in [-0.05, 0) is 29.8 Å². The average molecular weight is 424 g/mol. The lowest BCUT2D eigenvalue weighted by atomic mass is 10.2. The van der Waals surface area contributed by atoms with Gasteiger partial charge in [0.2, 0.25) is 11.8 Å². The first kappa shape index (κ1) is 21.0. The number of ether oxygens (including phenoxy) is 1. The second-order valence-electron chi connectivity index (χ2n) is 6.45. The zero-order chi connectivity index (χ0) is 21.0. The van der Waals surface area contributed by atoms with E-state index in [-0.39, 0.29) is 18.2 Å². The van der Waals surface area contributed by atoms with E-state index >= 15 is 0 Å². The molecule has 0 saturated carbocycles. The molecule has 2 amide bonds. The van der Waals surface area contributed by atoms with Gasteiger partial charge in [-0.2, -0.15) is 13.2 Å². The maximum Gasteiger partial charge on any atom is 0.406 e. The molecule has 1 aliphatic rings. The SMILES string of the molecule is COc1ccc(CN(CC(F)(F)F)C(=O)CN2C(=O)CSc3ccccc32)cc1. The van der Waals surface area contributed by atoms with Crippen LogP contribution in [0.2, 0.25) is 0 Å². The predicted octanol–water partition coefficient (Wildman–Crippen LogP) is 3.73. The molecular weight excluding hydrogens is 405 g/mol. The maximum atomic E-state index is 13.1. The van der Waals surface area contributed by atoms with Gasteiger partial charge < -0.3 is 14.5 Å². The van der Waals surface area contributed by atoms with Crippen molar-refractivity contribution in [2.24, 2.45) is 0 Å². The highest BCUT2D eigenvalue weighted by atomic mass is 32.2. The van der Waals surface area contributed by atoms with Gasteiger partial charge in [0.15, 0.2) is 0 Å². The average Bonchev–Trinajstić information content (AvgIpc) is 2.69. The molecule has 0 radical (unpaired) electrons. The molecule has 0 aliphatic carbocycles. The lowest BCUT2D eigenvalue weighted by Gasteiger charge is -2.31. The predicted molar refractivity (Wildman–Crippen MR) is 104 cm³/mol. The van der Waals surface area contributed by atoms with Crippen LogP contribution in [0.3, 0.4) is 0 Å². The summed E-state index contributed by atoms with van der Waals surface area (Å²) in [7, 11) is 1.49. The van der Waals surface area contributed by atoms with Crippen molar-refractivity contribution < 1.29 is 27.5 Å². The van der Waals surface area contributed by atoms with Gasteiger partial charge in [-0.1, -0.05) is 24.3 Å². The number of carbonyl (C=O) groups excluding carboxylic acids is 2. The largest absolute Gasteiger partial charge is 0.497 e. The number of benzene rings is 2. The lowest BCUT2D eigenvalue weighted by molar-refractivity contribution is -0.161. The molecule has 0 saturated heterocycles. The van der Waals surface area contributed by atoms with Crippen molar-refractivity contribution in [1.82, 2.24) is 4.90 Å². The second kappa shape index (κ2) is 8.77. The summed E-state index contributed by atoms with van der Waals surface area (Å²) in [5, 5.41) is 0. The fraction of sp³-hybridized carbons (Fsp3) is 0.300. The third-order valence-electron chi connectivity index (χ3n) is 4.36. The summed E-state index contributed by atoms with van der Waals surface area (Å²) in [6, 6.07) is 13.5. The molecule has 0 spiro atoms. The van der Waals surface area contributed by atoms with Crippen LogP contribution in [-0.4, -0.2) is 48.8 Å². The molecule has 1 aliphatic heterocycles. The third kappa shape index (κ3) is 5.44. The molecule has 154 valence electrons. The standard InChI is InChI=1S/C20H19F3N2O3S/c1-28-15-8-6-14(7-9-15)10-24(13-20(21,22)23)18(26)11-25-16-4-2-3-5-17(16)29-12-19(25)27/h2-9H,10-13H2,1H3. The van der Waals surface area contributed by atoms with Gasteiger partial charge >= 0.3 is 6.18 Å². The third-order valence-corrected chi connectivity index (χ3v) is 5.40. The first-order chi connectivity index (χ1) is 13.8. The zero-order valence-electron chi connectivity index (χ0n) is 15.6. The Morgan fingerprint density at radius 3 is 2.52 bits per heavy atom. The Hall–Kier alpha value is -2.68. The number of para-hydroxylation sites is 1. The molecule has 0 unspecified atom stereocenters. The fourth-order valence-electron chi connectivity index (χ4n) is 2.96. The van der Waals surface area contributed by atoms with Crippen molar-refractivity contribution in [2.45, 2.75) is 17.6 Å². The summed E-state index contributed by atoms with van der Waals surface area (Å²) in [6.07, 6.45) is -4.55. The van der Waals surface area contributed by atoms with Crippen LogP contribution in [0.5, 0.6) is 5.75 Å². The van der Waals surface area contributed by atoms with E-state index in [1.807, 2.05) is 6.07 Å². The number of methoxy groups -OCH3 is 1. The molecular formula is C20H19F3N2O3S. The normalized spacial score (nSPS) is 13.8. The van der Waals surface area contributed by atoms with Gasteiger partial charge in [0.1, 0.15) is 18.8 Å². The number of alkyl halides is 3. The fourth-order valence-corrected chi connectivity index (χ4v) is 3.90. The van der Waals surface area contributed by atoms with Crippen LogP contribution >= 0.6 is 11.8 Å². The highest BCUT2D eigenvalue weighted by Crippen LogP contribution is 2.35. The molecule has 0 fully saturated rings. The van der Waals surface area contributed by atoms with Crippen molar-refractivity contribution in [1.29, 1.82) is 0 Å². The summed E-state index contributed by atoms with van der Waals surface area (Å²) < 4.78 is 44.3. The first-order valence-corrected chi connectivity index (χ1v) is 9.75. The van der Waals surface area contributed by atoms with Crippen LogP contribution in [0.4, 0.5) is 18.9 Å². The minimum atomic E-state index is -4.55. The quantitative estimate of drug-likeness (QED) is 0.709. The maximum absolute atomic E-state index is 13.1. The molecule has 0 bridgehead atoms. The van der Waals surface area contributed by atoms with Crippen LogP contribution in [0.15, 0.2) is 53.4 Å². The van der Waals surface area contributed by atoms with Crippen molar-refractivity contribution in [3.8, 4) is 5.75 Å². The second-order valence-corrected chi connectivity index (χ2v) is 7.47. The van der Waals surface area contributed by atoms with Crippen LogP contribution < -0.4 is 9.64 Å². The van der Waals surface area contributed by atoms with E-state index < -0.39 is 25.2 Å². The van der Waals surface area contributed by atoms with E-state index in [9.17, 15) is 22.8 Å². The number of fused-ring (bicyclic) bond motifs is 1. The molecule has 2 aromatic rings.